The first-order valence-electron chi connectivity index (χ1n) is 20.1. The lowest BCUT2D eigenvalue weighted by atomic mass is 9.77. The molecule has 0 atom stereocenters. The van der Waals surface area contributed by atoms with Gasteiger partial charge >= 0.3 is 0 Å². The lowest BCUT2D eigenvalue weighted by molar-refractivity contribution is -0.141. The van der Waals surface area contributed by atoms with Gasteiger partial charge in [-0.3, -0.25) is 19.3 Å². The molecule has 0 saturated heterocycles. The lowest BCUT2D eigenvalue weighted by Crippen LogP contribution is -2.35. The number of hydrogen-bond acceptors (Lipinski definition) is 5. The zero-order valence-corrected chi connectivity index (χ0v) is 37.0. The summed E-state index contributed by atoms with van der Waals surface area (Å²) >= 11 is 0. The van der Waals surface area contributed by atoms with Crippen LogP contribution in [0.25, 0.3) is 0 Å². The Morgan fingerprint density at radius 1 is 0.561 bits per heavy atom. The third kappa shape index (κ3) is 11.8. The summed E-state index contributed by atoms with van der Waals surface area (Å²) in [5.74, 6) is 0.443. The van der Waals surface area contributed by atoms with E-state index in [-0.39, 0.29) is 40.4 Å². The van der Waals surface area contributed by atoms with Gasteiger partial charge in [-0.05, 0) is 56.4 Å². The van der Waals surface area contributed by atoms with Gasteiger partial charge in [0.05, 0.1) is 6.54 Å². The van der Waals surface area contributed by atoms with Crippen molar-refractivity contribution in [2.75, 3.05) is 0 Å². The summed E-state index contributed by atoms with van der Waals surface area (Å²) in [7, 11) is 0. The van der Waals surface area contributed by atoms with Gasteiger partial charge < -0.3 is 9.47 Å². The fourth-order valence-corrected chi connectivity index (χ4v) is 7.08. The number of rotatable bonds is 12. The van der Waals surface area contributed by atoms with Crippen LogP contribution in [0.2, 0.25) is 0 Å². The molecular formula is C51H65NO5. The molecule has 0 saturated carbocycles. The molecule has 0 radical (unpaired) electrons. The van der Waals surface area contributed by atoms with E-state index in [0.29, 0.717) is 18.8 Å². The van der Waals surface area contributed by atoms with Crippen LogP contribution >= 0.6 is 0 Å². The van der Waals surface area contributed by atoms with Gasteiger partial charge in [-0.15, -0.1) is 0 Å². The van der Waals surface area contributed by atoms with Crippen LogP contribution in [0.1, 0.15) is 141 Å². The van der Waals surface area contributed by atoms with Crippen molar-refractivity contribution < 1.29 is 23.9 Å². The largest absolute Gasteiger partial charge is 0.488 e. The van der Waals surface area contributed by atoms with Gasteiger partial charge in [-0.1, -0.05) is 168 Å². The molecule has 2 amide bonds. The zero-order chi connectivity index (χ0) is 42.5. The number of nitrogens with zero attached hydrogens (tertiary/aromatic N) is 1. The molecule has 0 bridgehead atoms. The maximum atomic E-state index is 14.2. The number of carbonyl (C=O) groups excluding carboxylic acids is 3. The Kier molecular flexibility index (Phi) is 13.9. The molecule has 0 aliphatic carbocycles. The molecule has 57 heavy (non-hydrogen) atoms. The zero-order valence-electron chi connectivity index (χ0n) is 37.0. The van der Waals surface area contributed by atoms with Gasteiger partial charge in [0.2, 0.25) is 5.91 Å². The fourth-order valence-electron chi connectivity index (χ4n) is 7.08. The quantitative estimate of drug-likeness (QED) is 0.134. The smallest absolute Gasteiger partial charge is 0.253 e. The van der Waals surface area contributed by atoms with Crippen molar-refractivity contribution in [3.8, 4) is 11.5 Å². The van der Waals surface area contributed by atoms with E-state index in [2.05, 4.69) is 113 Å². The van der Waals surface area contributed by atoms with E-state index in [4.69, 9.17) is 9.47 Å². The Hall–Kier alpha value is -4.97. The Morgan fingerprint density at radius 3 is 1.42 bits per heavy atom. The van der Waals surface area contributed by atoms with Crippen molar-refractivity contribution in [3.05, 3.63) is 141 Å². The highest BCUT2D eigenvalue weighted by Gasteiger charge is 2.32. The minimum absolute atomic E-state index is 0.0321. The molecule has 304 valence electrons. The highest BCUT2D eigenvalue weighted by atomic mass is 16.5. The number of ether oxygens (including phenoxy) is 2. The first-order chi connectivity index (χ1) is 26.4. The van der Waals surface area contributed by atoms with Gasteiger partial charge in [0.1, 0.15) is 24.7 Å². The molecule has 4 rings (SSSR count). The Morgan fingerprint density at radius 2 is 1.02 bits per heavy atom. The molecule has 0 N–H and O–H groups in total. The van der Waals surface area contributed by atoms with Gasteiger partial charge in [-0.25, -0.2) is 0 Å². The Bertz CT molecular complexity index is 2050. The van der Waals surface area contributed by atoms with Gasteiger partial charge in [0, 0.05) is 41.7 Å². The maximum Gasteiger partial charge on any atom is 0.253 e. The maximum absolute atomic E-state index is 14.2. The van der Waals surface area contributed by atoms with E-state index in [1.54, 1.807) is 0 Å². The number of amides is 2. The van der Waals surface area contributed by atoms with Crippen LogP contribution in [0.15, 0.2) is 96.6 Å². The number of hydrogen-bond donors (Lipinski definition) is 0. The minimum Gasteiger partial charge on any atom is -0.488 e. The summed E-state index contributed by atoms with van der Waals surface area (Å²) in [5, 5.41) is 0. The van der Waals surface area contributed by atoms with E-state index in [0.717, 1.165) is 56.0 Å². The molecular weight excluding hydrogens is 707 g/mol. The second-order valence-electron chi connectivity index (χ2n) is 19.4. The molecule has 0 unspecified atom stereocenters. The summed E-state index contributed by atoms with van der Waals surface area (Å²) in [5.41, 5.74) is 7.04. The molecule has 4 aromatic carbocycles. The molecule has 0 aliphatic heterocycles. The fraction of sp³-hybridized carbons (Fsp3) is 0.431. The summed E-state index contributed by atoms with van der Waals surface area (Å²) < 4.78 is 13.3. The highest BCUT2D eigenvalue weighted by Crippen LogP contribution is 2.44. The predicted octanol–water partition coefficient (Wildman–Crippen LogP) is 11.7. The van der Waals surface area contributed by atoms with Gasteiger partial charge in [-0.2, -0.15) is 0 Å². The average molecular weight is 772 g/mol. The van der Waals surface area contributed by atoms with Gasteiger partial charge in [0.15, 0.2) is 5.78 Å². The summed E-state index contributed by atoms with van der Waals surface area (Å²) in [6.07, 6.45) is 1.58. The topological polar surface area (TPSA) is 72.9 Å². The minimum atomic E-state index is -0.533. The number of allylic oxidation sites excluding steroid dienone is 1. The third-order valence-corrected chi connectivity index (χ3v) is 10.1. The van der Waals surface area contributed by atoms with Crippen molar-refractivity contribution in [1.82, 2.24) is 4.90 Å². The van der Waals surface area contributed by atoms with E-state index >= 15 is 0 Å². The number of carbonyl (C=O) groups is 3. The van der Waals surface area contributed by atoms with E-state index in [1.165, 1.54) is 24.8 Å². The van der Waals surface area contributed by atoms with E-state index in [1.807, 2.05) is 54.6 Å². The molecule has 6 heteroatoms. The average Bonchev–Trinajstić information content (AvgIpc) is 3.10. The number of ketones is 1. The van der Waals surface area contributed by atoms with Crippen LogP contribution in [0.5, 0.6) is 11.5 Å². The van der Waals surface area contributed by atoms with Gasteiger partial charge in [0.25, 0.3) is 5.91 Å². The molecule has 6 nitrogen and oxygen atoms in total. The third-order valence-electron chi connectivity index (χ3n) is 10.1. The first kappa shape index (κ1) is 44.7. The first-order valence-corrected chi connectivity index (χ1v) is 20.1. The van der Waals surface area contributed by atoms with Crippen LogP contribution in [0.4, 0.5) is 0 Å². The SMILES string of the molecule is CC(=O)/C(=C/C(=O)N(Cc1ccc(C(C)(C)C)c(OCc2ccccc2)c1C(C)(C)C)C(C)=O)Cc1cc(C(C)(C)C)c(OCc2ccccc2)c(C(C)(C)C)c1. The highest BCUT2D eigenvalue weighted by molar-refractivity contribution is 6.06. The monoisotopic (exact) mass is 771 g/mol. The van der Waals surface area contributed by atoms with Crippen molar-refractivity contribution in [1.29, 1.82) is 0 Å². The van der Waals surface area contributed by atoms with Crippen molar-refractivity contribution in [2.45, 2.75) is 145 Å². The molecule has 0 aromatic heterocycles. The normalized spacial score (nSPS) is 12.6. The van der Waals surface area contributed by atoms with Crippen molar-refractivity contribution in [2.24, 2.45) is 0 Å². The van der Waals surface area contributed by atoms with E-state index in [9.17, 15) is 14.4 Å². The standard InChI is InChI=1S/C51H65NO5/c1-34(53)40(27-38-28-42(49(6,7)8)46(43(29-38)50(9,10)11)56-32-36-21-17-15-18-22-36)30-44(55)52(35(2)54)31-39-25-26-41(48(3,4)5)47(45(39)51(12,13)14)57-33-37-23-19-16-20-24-37/h15-26,28-30H,27,31-33H2,1-14H3/b40-30+. The molecule has 0 fully saturated rings. The number of benzene rings is 4. The summed E-state index contributed by atoms with van der Waals surface area (Å²) in [6.45, 7) is 29.5. The molecule has 0 spiro atoms. The molecule has 0 heterocycles. The Balaban J connectivity index is 1.76. The van der Waals surface area contributed by atoms with Crippen LogP contribution in [0.3, 0.4) is 0 Å². The Labute approximate surface area is 342 Å². The van der Waals surface area contributed by atoms with E-state index < -0.39 is 11.8 Å². The van der Waals surface area contributed by atoms with Crippen LogP contribution in [-0.2, 0) is 62.2 Å². The van der Waals surface area contributed by atoms with Crippen molar-refractivity contribution in [3.63, 3.8) is 0 Å². The second-order valence-corrected chi connectivity index (χ2v) is 19.4. The van der Waals surface area contributed by atoms with Crippen LogP contribution in [0, 0.1) is 0 Å². The summed E-state index contributed by atoms with van der Waals surface area (Å²) in [6, 6.07) is 28.4. The predicted molar refractivity (Wildman–Crippen MR) is 233 cm³/mol. The number of imide groups is 1. The number of Topliss-reactive ketones (excluding diaryl/α,β-unsaturated/α-hetero) is 1. The van der Waals surface area contributed by atoms with Crippen molar-refractivity contribution >= 4 is 17.6 Å². The molecule has 4 aromatic rings. The van der Waals surface area contributed by atoms with Crippen LogP contribution < -0.4 is 9.47 Å². The summed E-state index contributed by atoms with van der Waals surface area (Å²) in [4.78, 5) is 42.1. The second kappa shape index (κ2) is 17.7. The van der Waals surface area contributed by atoms with Crippen LogP contribution in [-0.4, -0.2) is 22.5 Å². The lowest BCUT2D eigenvalue weighted by Gasteiger charge is -2.33. The molecule has 0 aliphatic rings.